The van der Waals surface area contributed by atoms with Gasteiger partial charge in [-0.15, -0.1) is 5.10 Å². The third-order valence-corrected chi connectivity index (χ3v) is 4.69. The zero-order valence-corrected chi connectivity index (χ0v) is 15.3. The normalized spacial score (nSPS) is 11.0. The van der Waals surface area contributed by atoms with Crippen molar-refractivity contribution in [3.63, 3.8) is 0 Å². The second-order valence-corrected chi connectivity index (χ2v) is 6.43. The molecule has 0 fully saturated rings. The van der Waals surface area contributed by atoms with Crippen LogP contribution in [0.5, 0.6) is 0 Å². The predicted molar refractivity (Wildman–Crippen MR) is 95.7 cm³/mol. The molecular formula is C16H18N6O3S. The van der Waals surface area contributed by atoms with Crippen molar-refractivity contribution in [1.82, 2.24) is 29.8 Å². The number of tetrazole rings is 1. The topological polar surface area (TPSA) is 105 Å². The lowest BCUT2D eigenvalue weighted by atomic mass is 10.2. The van der Waals surface area contributed by atoms with E-state index in [1.54, 1.807) is 22.9 Å². The highest BCUT2D eigenvalue weighted by atomic mass is 32.2. The molecule has 136 valence electrons. The number of hydrogen-bond donors (Lipinski definition) is 0. The SMILES string of the molecule is CCCn1nnnc1CSc1nc2ccccc2c(=O)n1CC(=O)OC. The summed E-state index contributed by atoms with van der Waals surface area (Å²) in [6.45, 7) is 2.55. The van der Waals surface area contributed by atoms with E-state index in [1.165, 1.54) is 23.4 Å². The molecule has 3 rings (SSSR count). The highest BCUT2D eigenvalue weighted by molar-refractivity contribution is 7.98. The van der Waals surface area contributed by atoms with E-state index in [0.717, 1.165) is 6.42 Å². The minimum atomic E-state index is -0.512. The lowest BCUT2D eigenvalue weighted by Crippen LogP contribution is -2.27. The molecule has 0 atom stereocenters. The summed E-state index contributed by atoms with van der Waals surface area (Å²) in [6, 6.07) is 7.04. The van der Waals surface area contributed by atoms with E-state index in [9.17, 15) is 9.59 Å². The van der Waals surface area contributed by atoms with E-state index >= 15 is 0 Å². The minimum Gasteiger partial charge on any atom is -0.468 e. The van der Waals surface area contributed by atoms with Gasteiger partial charge in [-0.05, 0) is 29.0 Å². The summed E-state index contributed by atoms with van der Waals surface area (Å²) in [5, 5.41) is 12.5. The van der Waals surface area contributed by atoms with Crippen LogP contribution in [0, 0.1) is 0 Å². The number of fused-ring (bicyclic) bond motifs is 1. The fourth-order valence-corrected chi connectivity index (χ4v) is 3.36. The van der Waals surface area contributed by atoms with Gasteiger partial charge in [-0.1, -0.05) is 30.8 Å². The van der Waals surface area contributed by atoms with Crippen molar-refractivity contribution < 1.29 is 9.53 Å². The molecule has 0 radical (unpaired) electrons. The van der Waals surface area contributed by atoms with Crippen molar-refractivity contribution in [2.75, 3.05) is 7.11 Å². The Labute approximate surface area is 153 Å². The summed E-state index contributed by atoms with van der Waals surface area (Å²) in [6.07, 6.45) is 0.907. The van der Waals surface area contributed by atoms with Crippen LogP contribution in [0.4, 0.5) is 0 Å². The number of rotatable bonds is 7. The first-order valence-electron chi connectivity index (χ1n) is 8.08. The number of esters is 1. The number of aryl methyl sites for hydroxylation is 1. The summed E-state index contributed by atoms with van der Waals surface area (Å²) in [4.78, 5) is 29.1. The van der Waals surface area contributed by atoms with Gasteiger partial charge in [0.15, 0.2) is 11.0 Å². The van der Waals surface area contributed by atoms with E-state index in [0.29, 0.717) is 34.2 Å². The zero-order valence-electron chi connectivity index (χ0n) is 14.5. The fraction of sp³-hybridized carbons (Fsp3) is 0.375. The molecule has 2 heterocycles. The monoisotopic (exact) mass is 374 g/mol. The molecule has 10 heteroatoms. The maximum absolute atomic E-state index is 12.8. The molecule has 3 aromatic rings. The standard InChI is InChI=1S/C16H18N6O3S/c1-3-8-22-13(18-19-20-22)10-26-16-17-12-7-5-4-6-11(12)15(24)21(16)9-14(23)25-2/h4-7H,3,8-10H2,1-2H3. The van der Waals surface area contributed by atoms with Gasteiger partial charge in [0.05, 0.1) is 23.8 Å². The highest BCUT2D eigenvalue weighted by Crippen LogP contribution is 2.21. The second kappa shape index (κ2) is 8.09. The third kappa shape index (κ3) is 3.74. The van der Waals surface area contributed by atoms with Crippen molar-refractivity contribution in [3.05, 3.63) is 40.4 Å². The lowest BCUT2D eigenvalue weighted by molar-refractivity contribution is -0.141. The van der Waals surface area contributed by atoms with Gasteiger partial charge in [-0.2, -0.15) is 0 Å². The highest BCUT2D eigenvalue weighted by Gasteiger charge is 2.16. The summed E-state index contributed by atoms with van der Waals surface area (Å²) >= 11 is 1.31. The molecule has 0 aliphatic carbocycles. The van der Waals surface area contributed by atoms with Crippen molar-refractivity contribution in [2.45, 2.75) is 37.3 Å². The van der Waals surface area contributed by atoms with Crippen LogP contribution in [-0.2, 0) is 28.4 Å². The number of aromatic nitrogens is 6. The molecule has 0 aliphatic heterocycles. The first-order chi connectivity index (χ1) is 12.6. The van der Waals surface area contributed by atoms with E-state index in [1.807, 2.05) is 13.0 Å². The number of carbonyl (C=O) groups is 1. The van der Waals surface area contributed by atoms with E-state index < -0.39 is 5.97 Å². The number of methoxy groups -OCH3 is 1. The van der Waals surface area contributed by atoms with Gasteiger partial charge in [-0.3, -0.25) is 14.2 Å². The Balaban J connectivity index is 1.97. The molecule has 0 saturated carbocycles. The molecule has 0 N–H and O–H groups in total. The van der Waals surface area contributed by atoms with Crippen molar-refractivity contribution in [3.8, 4) is 0 Å². The van der Waals surface area contributed by atoms with Crippen LogP contribution in [0.1, 0.15) is 19.2 Å². The number of nitrogens with zero attached hydrogens (tertiary/aromatic N) is 6. The summed E-state index contributed by atoms with van der Waals surface area (Å²) in [5.74, 6) is 0.601. The Morgan fingerprint density at radius 2 is 2.12 bits per heavy atom. The maximum Gasteiger partial charge on any atom is 0.325 e. The molecule has 0 amide bonds. The van der Waals surface area contributed by atoms with Gasteiger partial charge in [0.25, 0.3) is 5.56 Å². The van der Waals surface area contributed by atoms with E-state index in [-0.39, 0.29) is 12.1 Å². The fourth-order valence-electron chi connectivity index (χ4n) is 2.43. The molecule has 0 spiro atoms. The predicted octanol–water partition coefficient (Wildman–Crippen LogP) is 1.26. The summed E-state index contributed by atoms with van der Waals surface area (Å²) in [7, 11) is 1.29. The quantitative estimate of drug-likeness (QED) is 0.346. The van der Waals surface area contributed by atoms with Crippen molar-refractivity contribution in [1.29, 1.82) is 0 Å². The Bertz CT molecular complexity index is 984. The lowest BCUT2D eigenvalue weighted by Gasteiger charge is -2.12. The van der Waals surface area contributed by atoms with Gasteiger partial charge in [-0.25, -0.2) is 9.67 Å². The first kappa shape index (κ1) is 18.1. The smallest absolute Gasteiger partial charge is 0.325 e. The molecule has 1 aromatic carbocycles. The summed E-state index contributed by atoms with van der Waals surface area (Å²) < 4.78 is 7.75. The Kier molecular flexibility index (Phi) is 5.61. The van der Waals surface area contributed by atoms with Crippen LogP contribution in [0.3, 0.4) is 0 Å². The second-order valence-electron chi connectivity index (χ2n) is 5.49. The average molecular weight is 374 g/mol. The molecular weight excluding hydrogens is 356 g/mol. The number of para-hydroxylation sites is 1. The van der Waals surface area contributed by atoms with E-state index in [2.05, 4.69) is 20.5 Å². The van der Waals surface area contributed by atoms with Gasteiger partial charge in [0.2, 0.25) is 0 Å². The Morgan fingerprint density at radius 3 is 2.88 bits per heavy atom. The largest absolute Gasteiger partial charge is 0.468 e. The Morgan fingerprint density at radius 1 is 1.31 bits per heavy atom. The van der Waals surface area contributed by atoms with Crippen LogP contribution in [0.15, 0.2) is 34.2 Å². The number of carbonyl (C=O) groups excluding carboxylic acids is 1. The van der Waals surface area contributed by atoms with Crippen LogP contribution in [0.2, 0.25) is 0 Å². The van der Waals surface area contributed by atoms with Crippen LogP contribution < -0.4 is 5.56 Å². The molecule has 0 aliphatic rings. The molecule has 26 heavy (non-hydrogen) atoms. The number of ether oxygens (including phenoxy) is 1. The van der Waals surface area contributed by atoms with Gasteiger partial charge in [0, 0.05) is 6.54 Å². The number of hydrogen-bond acceptors (Lipinski definition) is 8. The number of benzene rings is 1. The van der Waals surface area contributed by atoms with Crippen molar-refractivity contribution >= 4 is 28.6 Å². The van der Waals surface area contributed by atoms with Gasteiger partial charge < -0.3 is 4.74 Å². The molecule has 0 saturated heterocycles. The van der Waals surface area contributed by atoms with E-state index in [4.69, 9.17) is 4.74 Å². The molecule has 0 unspecified atom stereocenters. The van der Waals surface area contributed by atoms with Gasteiger partial charge in [0.1, 0.15) is 6.54 Å². The first-order valence-corrected chi connectivity index (χ1v) is 9.06. The van der Waals surface area contributed by atoms with Crippen LogP contribution >= 0.6 is 11.8 Å². The summed E-state index contributed by atoms with van der Waals surface area (Å²) in [5.41, 5.74) is 0.297. The van der Waals surface area contributed by atoms with Gasteiger partial charge >= 0.3 is 5.97 Å². The maximum atomic E-state index is 12.8. The van der Waals surface area contributed by atoms with Crippen molar-refractivity contribution in [2.24, 2.45) is 0 Å². The molecule has 0 bridgehead atoms. The van der Waals surface area contributed by atoms with Crippen LogP contribution in [0.25, 0.3) is 10.9 Å². The zero-order chi connectivity index (χ0) is 18.5. The molecule has 2 aromatic heterocycles. The average Bonchev–Trinajstić information content (AvgIpc) is 3.10. The number of thioether (sulfide) groups is 1. The minimum absolute atomic E-state index is 0.199. The Hall–Kier alpha value is -2.75. The molecule has 9 nitrogen and oxygen atoms in total. The third-order valence-electron chi connectivity index (χ3n) is 3.71. The van der Waals surface area contributed by atoms with Crippen LogP contribution in [-0.4, -0.2) is 42.8 Å².